The molecule has 2 nitrogen and oxygen atoms in total. The summed E-state index contributed by atoms with van der Waals surface area (Å²) in [5.41, 5.74) is 0. The smallest absolute Gasteiger partial charge is 0.333 e. The highest BCUT2D eigenvalue weighted by molar-refractivity contribution is 6.95. The van der Waals surface area contributed by atoms with Gasteiger partial charge in [0, 0.05) is 6.61 Å². The Kier molecular flexibility index (Phi) is 3.74. The van der Waals surface area contributed by atoms with E-state index >= 15 is 0 Å². The second-order valence-electron chi connectivity index (χ2n) is 3.90. The zero-order chi connectivity index (χ0) is 12.1. The van der Waals surface area contributed by atoms with Crippen molar-refractivity contribution in [3.63, 3.8) is 0 Å². The van der Waals surface area contributed by atoms with Gasteiger partial charge in [0.15, 0.2) is 0 Å². The van der Waals surface area contributed by atoms with E-state index in [1.54, 1.807) is 0 Å². The molecule has 0 fully saturated rings. The van der Waals surface area contributed by atoms with Crippen LogP contribution in [0.15, 0.2) is 60.7 Å². The number of hydrogen-bond acceptors (Lipinski definition) is 2. The molecule has 0 heterocycles. The molecule has 2 N–H and O–H groups in total. The van der Waals surface area contributed by atoms with Crippen LogP contribution in [0.1, 0.15) is 6.92 Å². The van der Waals surface area contributed by atoms with Gasteiger partial charge in [0.1, 0.15) is 0 Å². The van der Waals surface area contributed by atoms with Crippen molar-refractivity contribution in [3.05, 3.63) is 60.7 Å². The second kappa shape index (κ2) is 5.27. The Morgan fingerprint density at radius 2 is 1.29 bits per heavy atom. The molecule has 0 unspecified atom stereocenters. The zero-order valence-electron chi connectivity index (χ0n) is 9.97. The van der Waals surface area contributed by atoms with Gasteiger partial charge in [-0.05, 0) is 17.3 Å². The molecule has 0 aliphatic heterocycles. The molecule has 17 heavy (non-hydrogen) atoms. The van der Waals surface area contributed by atoms with Crippen molar-refractivity contribution in [1.82, 2.24) is 0 Å². The summed E-state index contributed by atoms with van der Waals surface area (Å²) in [7, 11) is -2.50. The van der Waals surface area contributed by atoms with Crippen molar-refractivity contribution in [2.45, 2.75) is 6.92 Å². The monoisotopic (exact) mass is 243 g/mol. The van der Waals surface area contributed by atoms with Gasteiger partial charge in [0.25, 0.3) is 0 Å². The molecule has 0 amide bonds. The minimum absolute atomic E-state index is 0.631. The second-order valence-corrected chi connectivity index (χ2v) is 6.82. The Morgan fingerprint density at radius 1 is 0.882 bits per heavy atom. The molecule has 0 radical (unpaired) electrons. The highest BCUT2D eigenvalue weighted by Gasteiger charge is 2.35. The summed E-state index contributed by atoms with van der Waals surface area (Å²) < 4.78 is 5.92. The molecule has 2 rings (SSSR count). The molecule has 0 bridgehead atoms. The molecule has 0 spiro atoms. The van der Waals surface area contributed by atoms with Gasteiger partial charge in [-0.3, -0.25) is 0 Å². The third-order valence-electron chi connectivity index (χ3n) is 2.78. The first-order chi connectivity index (χ1) is 8.27. The number of hydrogen-bond donors (Lipinski definition) is 1. The van der Waals surface area contributed by atoms with Crippen LogP contribution in [0.25, 0.3) is 0 Å². The summed E-state index contributed by atoms with van der Waals surface area (Å²) in [4.78, 5) is 0. The SMILES string of the molecule is CCO[Si](N)(c1ccccc1)c1ccccc1. The lowest BCUT2D eigenvalue weighted by atomic mass is 10.4. The highest BCUT2D eigenvalue weighted by Crippen LogP contribution is 2.01. The lowest BCUT2D eigenvalue weighted by molar-refractivity contribution is 0.339. The third kappa shape index (κ3) is 2.47. The largest absolute Gasteiger partial charge is 0.397 e. The van der Waals surface area contributed by atoms with Gasteiger partial charge in [-0.2, -0.15) is 0 Å². The Balaban J connectivity index is 2.47. The fourth-order valence-electron chi connectivity index (χ4n) is 1.93. The predicted molar refractivity (Wildman–Crippen MR) is 73.7 cm³/mol. The molecular weight excluding hydrogens is 226 g/mol. The van der Waals surface area contributed by atoms with Crippen LogP contribution in [0.3, 0.4) is 0 Å². The van der Waals surface area contributed by atoms with Crippen LogP contribution in [-0.4, -0.2) is 15.1 Å². The molecule has 2 aromatic rings. The summed E-state index contributed by atoms with van der Waals surface area (Å²) in [6.07, 6.45) is 0. The summed E-state index contributed by atoms with van der Waals surface area (Å²) in [5.74, 6) is 0. The number of benzene rings is 2. The molecule has 3 heteroatoms. The van der Waals surface area contributed by atoms with Crippen LogP contribution in [0.4, 0.5) is 0 Å². The van der Waals surface area contributed by atoms with Crippen LogP contribution in [0.2, 0.25) is 0 Å². The first-order valence-corrected chi connectivity index (χ1v) is 7.80. The minimum Gasteiger partial charge on any atom is -0.397 e. The molecule has 0 saturated heterocycles. The van der Waals surface area contributed by atoms with E-state index in [1.807, 2.05) is 43.3 Å². The van der Waals surface area contributed by atoms with E-state index in [2.05, 4.69) is 24.3 Å². The van der Waals surface area contributed by atoms with Gasteiger partial charge in [0.2, 0.25) is 0 Å². The van der Waals surface area contributed by atoms with Gasteiger partial charge in [-0.15, -0.1) is 0 Å². The zero-order valence-corrected chi connectivity index (χ0v) is 11.0. The lowest BCUT2D eigenvalue weighted by Gasteiger charge is -2.26. The van der Waals surface area contributed by atoms with Gasteiger partial charge in [-0.25, -0.2) is 0 Å². The van der Waals surface area contributed by atoms with Crippen molar-refractivity contribution in [1.29, 1.82) is 0 Å². The van der Waals surface area contributed by atoms with E-state index in [1.165, 1.54) is 0 Å². The third-order valence-corrected chi connectivity index (χ3v) is 5.90. The first kappa shape index (κ1) is 12.0. The van der Waals surface area contributed by atoms with E-state index < -0.39 is 8.48 Å². The average molecular weight is 243 g/mol. The summed E-state index contributed by atoms with van der Waals surface area (Å²) >= 11 is 0. The van der Waals surface area contributed by atoms with Crippen molar-refractivity contribution in [2.24, 2.45) is 5.40 Å². The Hall–Kier alpha value is -1.42. The summed E-state index contributed by atoms with van der Waals surface area (Å²) in [6.45, 7) is 2.62. The van der Waals surface area contributed by atoms with Gasteiger partial charge >= 0.3 is 8.48 Å². The minimum atomic E-state index is -2.50. The Morgan fingerprint density at radius 3 is 1.65 bits per heavy atom. The fraction of sp³-hybridized carbons (Fsp3) is 0.143. The Labute approximate surface area is 103 Å². The molecule has 2 aromatic carbocycles. The Bertz CT molecular complexity index is 419. The maximum absolute atomic E-state index is 6.57. The van der Waals surface area contributed by atoms with E-state index in [-0.39, 0.29) is 0 Å². The van der Waals surface area contributed by atoms with E-state index in [4.69, 9.17) is 9.83 Å². The summed E-state index contributed by atoms with van der Waals surface area (Å²) in [5, 5.41) is 8.78. The highest BCUT2D eigenvalue weighted by atomic mass is 28.4. The molecule has 0 aromatic heterocycles. The number of rotatable bonds is 4. The van der Waals surface area contributed by atoms with Gasteiger partial charge < -0.3 is 9.83 Å². The van der Waals surface area contributed by atoms with Crippen molar-refractivity contribution in [2.75, 3.05) is 6.61 Å². The molecule has 0 atom stereocenters. The normalized spacial score (nSPS) is 11.4. The lowest BCUT2D eigenvalue weighted by Crippen LogP contribution is -2.68. The summed E-state index contributed by atoms with van der Waals surface area (Å²) in [6, 6.07) is 20.2. The van der Waals surface area contributed by atoms with Gasteiger partial charge in [0.05, 0.1) is 0 Å². The van der Waals surface area contributed by atoms with Crippen LogP contribution in [-0.2, 0) is 4.43 Å². The molecular formula is C14H17NOSi. The van der Waals surface area contributed by atoms with E-state index in [0.29, 0.717) is 6.61 Å². The number of nitrogens with two attached hydrogens (primary N) is 1. The molecule has 0 aliphatic carbocycles. The van der Waals surface area contributed by atoms with Crippen molar-refractivity contribution >= 4 is 18.9 Å². The predicted octanol–water partition coefficient (Wildman–Crippen LogP) is 1.24. The van der Waals surface area contributed by atoms with Crippen LogP contribution in [0, 0.1) is 0 Å². The maximum Gasteiger partial charge on any atom is 0.333 e. The fourth-order valence-corrected chi connectivity index (χ4v) is 4.43. The van der Waals surface area contributed by atoms with E-state index in [0.717, 1.165) is 10.4 Å². The molecule has 0 saturated carbocycles. The average Bonchev–Trinajstić information content (AvgIpc) is 2.41. The molecule has 88 valence electrons. The van der Waals surface area contributed by atoms with Crippen molar-refractivity contribution in [3.8, 4) is 0 Å². The first-order valence-electron chi connectivity index (χ1n) is 5.81. The van der Waals surface area contributed by atoms with E-state index in [9.17, 15) is 0 Å². The standard InChI is InChI=1S/C14H17NOSi/c1-2-16-17(15,13-9-5-3-6-10-13)14-11-7-4-8-12-14/h3-12H,2,15H2,1H3. The van der Waals surface area contributed by atoms with Gasteiger partial charge in [-0.1, -0.05) is 60.7 Å². The van der Waals surface area contributed by atoms with Crippen LogP contribution in [0.5, 0.6) is 0 Å². The van der Waals surface area contributed by atoms with Crippen LogP contribution >= 0.6 is 0 Å². The molecule has 0 aliphatic rings. The maximum atomic E-state index is 6.57. The van der Waals surface area contributed by atoms with Crippen LogP contribution < -0.4 is 15.8 Å². The topological polar surface area (TPSA) is 35.2 Å². The van der Waals surface area contributed by atoms with Crippen molar-refractivity contribution < 1.29 is 4.43 Å². The quantitative estimate of drug-likeness (QED) is 0.820.